The first-order chi connectivity index (χ1) is 9.58. The molecule has 102 valence electrons. The highest BCUT2D eigenvalue weighted by Crippen LogP contribution is 2.21. The molecule has 2 heterocycles. The molecule has 0 bridgehead atoms. The monoisotopic (exact) mass is 285 g/mol. The lowest BCUT2D eigenvalue weighted by molar-refractivity contribution is 0.0995. The van der Waals surface area contributed by atoms with Gasteiger partial charge in [0.25, 0.3) is 5.91 Å². The second kappa shape index (κ2) is 6.25. The Hall–Kier alpha value is -2.27. The lowest BCUT2D eigenvalue weighted by Crippen LogP contribution is -2.12. The van der Waals surface area contributed by atoms with Crippen molar-refractivity contribution in [3.63, 3.8) is 0 Å². The first-order valence-corrected chi connectivity index (χ1v) is 6.97. The highest BCUT2D eigenvalue weighted by atomic mass is 32.1. The summed E-state index contributed by atoms with van der Waals surface area (Å²) in [7, 11) is 0. The van der Waals surface area contributed by atoms with Crippen LogP contribution in [-0.2, 0) is 0 Å². The molecule has 0 aliphatic heterocycles. The summed E-state index contributed by atoms with van der Waals surface area (Å²) in [6, 6.07) is 9.35. The zero-order valence-electron chi connectivity index (χ0n) is 11.3. The van der Waals surface area contributed by atoms with E-state index in [9.17, 15) is 4.79 Å². The molecule has 2 aromatic heterocycles. The second-order valence-corrected chi connectivity index (χ2v) is 5.22. The molecule has 1 aromatic carbocycles. The van der Waals surface area contributed by atoms with Crippen molar-refractivity contribution in [2.24, 2.45) is 5.73 Å². The molecule has 3 aromatic rings. The summed E-state index contributed by atoms with van der Waals surface area (Å²) in [4.78, 5) is 18.3. The number of thiazole rings is 1. The van der Waals surface area contributed by atoms with Crippen molar-refractivity contribution in [3.8, 4) is 0 Å². The van der Waals surface area contributed by atoms with Crippen molar-refractivity contribution in [2.45, 2.75) is 13.8 Å². The number of hydrogen-bond donors (Lipinski definition) is 1. The Balaban J connectivity index is 0.000000151. The van der Waals surface area contributed by atoms with Crippen molar-refractivity contribution in [1.82, 2.24) is 9.97 Å². The van der Waals surface area contributed by atoms with E-state index < -0.39 is 5.91 Å². The Morgan fingerprint density at radius 2 is 1.90 bits per heavy atom. The van der Waals surface area contributed by atoms with Gasteiger partial charge in [0.15, 0.2) is 0 Å². The van der Waals surface area contributed by atoms with E-state index in [1.807, 2.05) is 5.51 Å². The zero-order chi connectivity index (χ0) is 14.5. The molecule has 1 amide bonds. The van der Waals surface area contributed by atoms with Crippen LogP contribution in [0.1, 0.15) is 21.6 Å². The minimum atomic E-state index is -0.490. The van der Waals surface area contributed by atoms with Gasteiger partial charge in [-0.3, -0.25) is 9.78 Å². The number of fused-ring (bicyclic) bond motifs is 1. The van der Waals surface area contributed by atoms with E-state index in [0.717, 1.165) is 5.52 Å². The number of hydrogen-bond acceptors (Lipinski definition) is 4. The van der Waals surface area contributed by atoms with E-state index in [1.54, 1.807) is 29.5 Å². The van der Waals surface area contributed by atoms with Gasteiger partial charge in [0.2, 0.25) is 0 Å². The zero-order valence-corrected chi connectivity index (χ0v) is 12.1. The number of carbonyl (C=O) groups excluding carboxylic acids is 1. The fraction of sp³-hybridized carbons (Fsp3) is 0.133. The molecule has 4 nitrogen and oxygen atoms in total. The molecule has 0 radical (unpaired) electrons. The summed E-state index contributed by atoms with van der Waals surface area (Å²) in [5, 5.41) is 0. The molecule has 0 spiro atoms. The molecule has 0 saturated heterocycles. The molecular weight excluding hydrogens is 270 g/mol. The van der Waals surface area contributed by atoms with Crippen LogP contribution in [0.2, 0.25) is 0 Å². The van der Waals surface area contributed by atoms with Crippen LogP contribution in [0.15, 0.2) is 42.0 Å². The molecule has 0 atom stereocenters. The van der Waals surface area contributed by atoms with E-state index >= 15 is 0 Å². The normalized spacial score (nSPS) is 9.90. The van der Waals surface area contributed by atoms with Gasteiger partial charge in [0.1, 0.15) is 5.69 Å². The lowest BCUT2D eigenvalue weighted by atomic mass is 10.1. The van der Waals surface area contributed by atoms with Gasteiger partial charge in [-0.25, -0.2) is 4.98 Å². The van der Waals surface area contributed by atoms with Crippen LogP contribution < -0.4 is 5.73 Å². The summed E-state index contributed by atoms with van der Waals surface area (Å²) < 4.78 is 1.29. The molecular formula is C15H15N3OS. The Kier molecular flexibility index (Phi) is 4.42. The summed E-state index contributed by atoms with van der Waals surface area (Å²) in [5.74, 6) is -0.490. The topological polar surface area (TPSA) is 68.9 Å². The van der Waals surface area contributed by atoms with E-state index in [0.29, 0.717) is 5.69 Å². The van der Waals surface area contributed by atoms with Gasteiger partial charge < -0.3 is 5.73 Å². The number of rotatable bonds is 1. The Morgan fingerprint density at radius 1 is 1.15 bits per heavy atom. The first-order valence-electron chi connectivity index (χ1n) is 6.09. The highest BCUT2D eigenvalue weighted by Gasteiger charge is 1.98. The Labute approximate surface area is 121 Å². The first kappa shape index (κ1) is 14.1. The largest absolute Gasteiger partial charge is 0.364 e. The maximum atomic E-state index is 10.4. The number of carbonyl (C=O) groups is 1. The third-order valence-electron chi connectivity index (χ3n) is 2.86. The standard InChI is InChI=1S/C9H9NS.C6H6N2O/c1-6-3-8-9(4-7(6)2)11-5-10-8;7-6(9)5-3-1-2-4-8-5/h3-5H,1-2H3;1-4H,(H2,7,9). The minimum absolute atomic E-state index is 0.303. The predicted octanol–water partition coefficient (Wildman–Crippen LogP) is 3.09. The number of nitrogens with zero attached hydrogens (tertiary/aromatic N) is 2. The average Bonchev–Trinajstić information content (AvgIpc) is 2.88. The van der Waals surface area contributed by atoms with Crippen LogP contribution in [0.25, 0.3) is 10.2 Å². The van der Waals surface area contributed by atoms with Gasteiger partial charge in [-0.05, 0) is 49.2 Å². The van der Waals surface area contributed by atoms with Crippen LogP contribution in [-0.4, -0.2) is 15.9 Å². The van der Waals surface area contributed by atoms with E-state index in [1.165, 1.54) is 22.0 Å². The van der Waals surface area contributed by atoms with Gasteiger partial charge in [0.05, 0.1) is 15.7 Å². The SMILES string of the molecule is Cc1cc2ncsc2cc1C.NC(=O)c1ccccn1. The third kappa shape index (κ3) is 3.39. The van der Waals surface area contributed by atoms with Crippen molar-refractivity contribution in [1.29, 1.82) is 0 Å². The predicted molar refractivity (Wildman–Crippen MR) is 81.8 cm³/mol. The van der Waals surface area contributed by atoms with Crippen LogP contribution >= 0.6 is 11.3 Å². The Morgan fingerprint density at radius 3 is 2.50 bits per heavy atom. The van der Waals surface area contributed by atoms with Crippen LogP contribution in [0, 0.1) is 13.8 Å². The number of aromatic nitrogens is 2. The fourth-order valence-electron chi connectivity index (χ4n) is 1.62. The number of pyridine rings is 1. The highest BCUT2D eigenvalue weighted by molar-refractivity contribution is 7.16. The van der Waals surface area contributed by atoms with Gasteiger partial charge in [-0.2, -0.15) is 0 Å². The molecule has 5 heteroatoms. The number of primary amides is 1. The lowest BCUT2D eigenvalue weighted by Gasteiger charge is -1.97. The molecule has 0 aliphatic rings. The summed E-state index contributed by atoms with van der Waals surface area (Å²) in [5.41, 5.74) is 10.9. The van der Waals surface area contributed by atoms with Crippen molar-refractivity contribution >= 4 is 27.5 Å². The quantitative estimate of drug-likeness (QED) is 0.747. The molecule has 0 aliphatic carbocycles. The smallest absolute Gasteiger partial charge is 0.267 e. The van der Waals surface area contributed by atoms with Crippen molar-refractivity contribution in [3.05, 3.63) is 58.9 Å². The average molecular weight is 285 g/mol. The maximum absolute atomic E-state index is 10.4. The van der Waals surface area contributed by atoms with E-state index in [2.05, 4.69) is 35.9 Å². The minimum Gasteiger partial charge on any atom is -0.364 e. The van der Waals surface area contributed by atoms with E-state index in [4.69, 9.17) is 5.73 Å². The molecule has 3 rings (SSSR count). The van der Waals surface area contributed by atoms with E-state index in [-0.39, 0.29) is 0 Å². The number of nitrogens with two attached hydrogens (primary N) is 1. The molecule has 20 heavy (non-hydrogen) atoms. The van der Waals surface area contributed by atoms with Gasteiger partial charge in [-0.15, -0.1) is 11.3 Å². The summed E-state index contributed by atoms with van der Waals surface area (Å²) >= 11 is 1.70. The number of amides is 1. The molecule has 0 unspecified atom stereocenters. The fourth-order valence-corrected chi connectivity index (χ4v) is 2.38. The van der Waals surface area contributed by atoms with Crippen LogP contribution in [0.3, 0.4) is 0 Å². The molecule has 2 N–H and O–H groups in total. The third-order valence-corrected chi connectivity index (χ3v) is 3.66. The maximum Gasteiger partial charge on any atom is 0.267 e. The van der Waals surface area contributed by atoms with Gasteiger partial charge in [-0.1, -0.05) is 6.07 Å². The van der Waals surface area contributed by atoms with Gasteiger partial charge in [0, 0.05) is 6.20 Å². The number of aryl methyl sites for hydroxylation is 2. The van der Waals surface area contributed by atoms with Gasteiger partial charge >= 0.3 is 0 Å². The van der Waals surface area contributed by atoms with Crippen LogP contribution in [0.4, 0.5) is 0 Å². The molecule has 0 saturated carbocycles. The number of benzene rings is 1. The molecule has 0 fully saturated rings. The van der Waals surface area contributed by atoms with Crippen LogP contribution in [0.5, 0.6) is 0 Å². The summed E-state index contributed by atoms with van der Waals surface area (Å²) in [6.07, 6.45) is 1.53. The summed E-state index contributed by atoms with van der Waals surface area (Å²) in [6.45, 7) is 4.25. The van der Waals surface area contributed by atoms with Crippen molar-refractivity contribution < 1.29 is 4.79 Å². The Bertz CT molecular complexity index is 686. The second-order valence-electron chi connectivity index (χ2n) is 4.34. The van der Waals surface area contributed by atoms with Crippen molar-refractivity contribution in [2.75, 3.05) is 0 Å².